The fourth-order valence-corrected chi connectivity index (χ4v) is 3.75. The molecule has 4 N–H and O–H groups in total. The Labute approximate surface area is 196 Å². The van der Waals surface area contributed by atoms with E-state index in [2.05, 4.69) is 10.3 Å². The molecule has 2 aromatic carbocycles. The first-order chi connectivity index (χ1) is 16.6. The van der Waals surface area contributed by atoms with E-state index in [1.165, 1.54) is 55.1 Å². The Morgan fingerprint density at radius 2 is 1.71 bits per heavy atom. The SMILES string of the molecule is Cn1cc(-c2ccccc2C(F)(F)F)c2cc(C(=O)NCc3ccc(C(=O)NO)cc3)[nH]c2c1=O. The van der Waals surface area contributed by atoms with Crippen molar-refractivity contribution >= 4 is 22.7 Å². The topological polar surface area (TPSA) is 116 Å². The van der Waals surface area contributed by atoms with E-state index in [9.17, 15) is 27.6 Å². The zero-order chi connectivity index (χ0) is 25.3. The second-order valence-corrected chi connectivity index (χ2v) is 7.79. The number of carbonyl (C=O) groups excluding carboxylic acids is 2. The lowest BCUT2D eigenvalue weighted by Crippen LogP contribution is -2.23. The van der Waals surface area contributed by atoms with Gasteiger partial charge in [-0.1, -0.05) is 30.3 Å². The average molecular weight is 484 g/mol. The standard InChI is InChI=1S/C24H19F3N4O4/c1-31-12-17(15-4-2-3-5-18(15)24(25,26)27)16-10-19(29-20(16)23(31)34)22(33)28-11-13-6-8-14(9-7-13)21(32)30-35/h2-10,12,29,35H,11H2,1H3,(H,28,33)(H,30,32). The van der Waals surface area contributed by atoms with Crippen molar-refractivity contribution in [1.29, 1.82) is 0 Å². The summed E-state index contributed by atoms with van der Waals surface area (Å²) in [4.78, 5) is 39.5. The molecule has 2 aromatic heterocycles. The van der Waals surface area contributed by atoms with Crippen LogP contribution in [0.5, 0.6) is 0 Å². The molecule has 0 atom stereocenters. The molecule has 0 aliphatic rings. The van der Waals surface area contributed by atoms with Gasteiger partial charge in [0.25, 0.3) is 17.4 Å². The molecule has 0 saturated carbocycles. The second-order valence-electron chi connectivity index (χ2n) is 7.79. The van der Waals surface area contributed by atoms with E-state index in [-0.39, 0.29) is 39.8 Å². The summed E-state index contributed by atoms with van der Waals surface area (Å²) in [6.45, 7) is 0.0804. The smallest absolute Gasteiger partial charge is 0.347 e. The molecule has 0 unspecified atom stereocenters. The Kier molecular flexibility index (Phi) is 6.18. The number of H-pyrrole nitrogens is 1. The molecule has 4 aromatic rings. The molecule has 35 heavy (non-hydrogen) atoms. The Morgan fingerprint density at radius 3 is 2.37 bits per heavy atom. The highest BCUT2D eigenvalue weighted by atomic mass is 19.4. The van der Waals surface area contributed by atoms with Crippen LogP contribution in [0.15, 0.2) is 65.6 Å². The highest BCUT2D eigenvalue weighted by Gasteiger charge is 2.34. The third-order valence-electron chi connectivity index (χ3n) is 5.50. The summed E-state index contributed by atoms with van der Waals surface area (Å²) in [5.74, 6) is -1.25. The highest BCUT2D eigenvalue weighted by Crippen LogP contribution is 2.39. The zero-order valence-electron chi connectivity index (χ0n) is 18.2. The van der Waals surface area contributed by atoms with E-state index >= 15 is 0 Å². The number of aromatic nitrogens is 2. The van der Waals surface area contributed by atoms with Gasteiger partial charge >= 0.3 is 6.18 Å². The molecule has 2 amide bonds. The van der Waals surface area contributed by atoms with Crippen molar-refractivity contribution in [2.45, 2.75) is 12.7 Å². The number of hydrogen-bond donors (Lipinski definition) is 4. The van der Waals surface area contributed by atoms with E-state index in [1.807, 2.05) is 0 Å². The van der Waals surface area contributed by atoms with Gasteiger partial charge in [0, 0.05) is 36.3 Å². The number of nitrogens with one attached hydrogen (secondary N) is 3. The van der Waals surface area contributed by atoms with Crippen LogP contribution in [0, 0.1) is 0 Å². The van der Waals surface area contributed by atoms with Gasteiger partial charge in [-0.2, -0.15) is 13.2 Å². The molecule has 0 aliphatic heterocycles. The molecule has 8 nitrogen and oxygen atoms in total. The minimum Gasteiger partial charge on any atom is -0.347 e. The van der Waals surface area contributed by atoms with Crippen LogP contribution in [0.25, 0.3) is 22.0 Å². The molecule has 0 radical (unpaired) electrons. The molecular formula is C24H19F3N4O4. The number of hydroxylamine groups is 1. The number of alkyl halides is 3. The van der Waals surface area contributed by atoms with E-state index in [0.29, 0.717) is 5.56 Å². The van der Waals surface area contributed by atoms with Crippen molar-refractivity contribution in [2.24, 2.45) is 7.05 Å². The summed E-state index contributed by atoms with van der Waals surface area (Å²) < 4.78 is 42.0. The van der Waals surface area contributed by atoms with Gasteiger partial charge in [0.1, 0.15) is 11.2 Å². The molecule has 0 saturated heterocycles. The summed E-state index contributed by atoms with van der Waals surface area (Å²) in [6, 6.07) is 12.5. The molecule has 0 spiro atoms. The van der Waals surface area contributed by atoms with Crippen LogP contribution in [0.3, 0.4) is 0 Å². The lowest BCUT2D eigenvalue weighted by molar-refractivity contribution is -0.137. The maximum Gasteiger partial charge on any atom is 0.417 e. The number of pyridine rings is 1. The van der Waals surface area contributed by atoms with Crippen LogP contribution < -0.4 is 16.4 Å². The molecule has 11 heteroatoms. The number of amides is 2. The van der Waals surface area contributed by atoms with Crippen LogP contribution in [-0.4, -0.2) is 26.6 Å². The van der Waals surface area contributed by atoms with Gasteiger partial charge in [0.2, 0.25) is 0 Å². The number of nitrogens with zero attached hydrogens (tertiary/aromatic N) is 1. The van der Waals surface area contributed by atoms with Crippen LogP contribution >= 0.6 is 0 Å². The summed E-state index contributed by atoms with van der Waals surface area (Å²) in [5.41, 5.74) is 1.10. The van der Waals surface area contributed by atoms with Crippen LogP contribution in [0.4, 0.5) is 13.2 Å². The lowest BCUT2D eigenvalue weighted by Gasteiger charge is -2.14. The van der Waals surface area contributed by atoms with Crippen LogP contribution in [0.2, 0.25) is 0 Å². The van der Waals surface area contributed by atoms with Crippen molar-refractivity contribution in [2.75, 3.05) is 0 Å². The van der Waals surface area contributed by atoms with E-state index in [0.717, 1.165) is 10.6 Å². The molecular weight excluding hydrogens is 465 g/mol. The maximum absolute atomic E-state index is 13.6. The van der Waals surface area contributed by atoms with Crippen molar-refractivity contribution < 1.29 is 28.0 Å². The van der Waals surface area contributed by atoms with Gasteiger partial charge in [0.15, 0.2) is 0 Å². The number of benzene rings is 2. The number of carbonyl (C=O) groups is 2. The zero-order valence-corrected chi connectivity index (χ0v) is 18.2. The predicted octanol–water partition coefficient (Wildman–Crippen LogP) is 3.60. The largest absolute Gasteiger partial charge is 0.417 e. The van der Waals surface area contributed by atoms with Crippen molar-refractivity contribution in [3.05, 3.63) is 93.5 Å². The van der Waals surface area contributed by atoms with Crippen molar-refractivity contribution in [3.63, 3.8) is 0 Å². The Hall–Kier alpha value is -4.38. The molecule has 0 fully saturated rings. The van der Waals surface area contributed by atoms with Crippen LogP contribution in [0.1, 0.15) is 32.0 Å². The Morgan fingerprint density at radius 1 is 1.03 bits per heavy atom. The first kappa shape index (κ1) is 23.8. The van der Waals surface area contributed by atoms with Gasteiger partial charge in [0.05, 0.1) is 5.56 Å². The summed E-state index contributed by atoms with van der Waals surface area (Å²) in [7, 11) is 1.42. The third-order valence-corrected chi connectivity index (χ3v) is 5.50. The summed E-state index contributed by atoms with van der Waals surface area (Å²) >= 11 is 0. The van der Waals surface area contributed by atoms with Gasteiger partial charge in [-0.05, 0) is 35.4 Å². The highest BCUT2D eigenvalue weighted by molar-refractivity contribution is 6.02. The average Bonchev–Trinajstić information content (AvgIpc) is 3.30. The first-order valence-electron chi connectivity index (χ1n) is 10.3. The number of rotatable bonds is 5. The normalized spacial score (nSPS) is 11.5. The fourth-order valence-electron chi connectivity index (χ4n) is 3.75. The minimum atomic E-state index is -4.61. The molecule has 4 rings (SSSR count). The maximum atomic E-state index is 13.6. The van der Waals surface area contributed by atoms with Gasteiger partial charge in [-0.25, -0.2) is 5.48 Å². The quantitative estimate of drug-likeness (QED) is 0.256. The Balaban J connectivity index is 1.67. The predicted molar refractivity (Wildman–Crippen MR) is 121 cm³/mol. The van der Waals surface area contributed by atoms with Gasteiger partial charge < -0.3 is 14.9 Å². The van der Waals surface area contributed by atoms with E-state index in [4.69, 9.17) is 5.21 Å². The third kappa shape index (κ3) is 4.66. The summed E-state index contributed by atoms with van der Waals surface area (Å²) in [5, 5.41) is 11.5. The molecule has 0 bridgehead atoms. The monoisotopic (exact) mass is 484 g/mol. The first-order valence-corrected chi connectivity index (χ1v) is 10.3. The molecule has 2 heterocycles. The number of aromatic amines is 1. The number of halogens is 3. The lowest BCUT2D eigenvalue weighted by atomic mass is 9.98. The Bertz CT molecular complexity index is 1490. The van der Waals surface area contributed by atoms with Crippen LogP contribution in [-0.2, 0) is 19.8 Å². The molecule has 0 aliphatic carbocycles. The van der Waals surface area contributed by atoms with E-state index in [1.54, 1.807) is 12.1 Å². The van der Waals surface area contributed by atoms with Gasteiger partial charge in [-0.3, -0.25) is 19.6 Å². The molecule has 180 valence electrons. The van der Waals surface area contributed by atoms with Crippen molar-refractivity contribution in [3.8, 4) is 11.1 Å². The summed E-state index contributed by atoms with van der Waals surface area (Å²) in [6.07, 6.45) is -3.30. The minimum absolute atomic E-state index is 0.00492. The number of aryl methyl sites for hydroxylation is 1. The van der Waals surface area contributed by atoms with Crippen molar-refractivity contribution in [1.82, 2.24) is 20.3 Å². The van der Waals surface area contributed by atoms with E-state index < -0.39 is 29.1 Å². The van der Waals surface area contributed by atoms with Gasteiger partial charge in [-0.15, -0.1) is 0 Å². The fraction of sp³-hybridized carbons (Fsp3) is 0.125. The number of hydrogen-bond acceptors (Lipinski definition) is 4. The number of fused-ring (bicyclic) bond motifs is 1. The second kappa shape index (κ2) is 9.11.